The van der Waals surface area contributed by atoms with Crippen molar-refractivity contribution in [2.45, 2.75) is 66.2 Å². The second kappa shape index (κ2) is 3.83. The van der Waals surface area contributed by atoms with E-state index >= 15 is 0 Å². The lowest BCUT2D eigenvalue weighted by atomic mass is 9.74. The zero-order chi connectivity index (χ0) is 12.7. The zero-order valence-corrected chi connectivity index (χ0v) is 11.9. The quantitative estimate of drug-likeness (QED) is 0.666. The number of rotatable bonds is 0. The van der Waals surface area contributed by atoms with Gasteiger partial charge >= 0.3 is 0 Å². The molecular weight excluding hydrogens is 196 g/mol. The fourth-order valence-electron chi connectivity index (χ4n) is 2.45. The van der Waals surface area contributed by atoms with Gasteiger partial charge in [-0.25, -0.2) is 0 Å². The lowest BCUT2D eigenvalue weighted by molar-refractivity contribution is 0.513. The monoisotopic (exact) mass is 220 g/mol. The molecule has 1 aromatic rings. The average Bonchev–Trinajstić information content (AvgIpc) is 2.04. The van der Waals surface area contributed by atoms with Crippen molar-refractivity contribution < 1.29 is 0 Å². The lowest BCUT2D eigenvalue weighted by Gasteiger charge is -2.31. The average molecular weight is 220 g/mol. The summed E-state index contributed by atoms with van der Waals surface area (Å²) in [4.78, 5) is 0. The van der Waals surface area contributed by atoms with Crippen LogP contribution in [0.2, 0.25) is 0 Å². The van der Waals surface area contributed by atoms with Crippen LogP contribution < -0.4 is 0 Å². The molecule has 0 saturated carbocycles. The van der Waals surface area contributed by atoms with E-state index in [0.29, 0.717) is 0 Å². The summed E-state index contributed by atoms with van der Waals surface area (Å²) in [5.41, 5.74) is 5.06. The third kappa shape index (κ3) is 2.42. The molecule has 0 fully saturated rings. The van der Waals surface area contributed by atoms with Crippen molar-refractivity contribution in [3.63, 3.8) is 0 Å². The molecule has 1 aromatic heterocycles. The molecule has 0 aliphatic carbocycles. The predicted octanol–water partition coefficient (Wildman–Crippen LogP) is 3.69. The molecule has 0 aliphatic rings. The van der Waals surface area contributed by atoms with E-state index in [2.05, 4.69) is 65.6 Å². The number of hydrogen-bond donors (Lipinski definition) is 0. The first-order chi connectivity index (χ1) is 7.05. The summed E-state index contributed by atoms with van der Waals surface area (Å²) in [5.74, 6) is 0. The van der Waals surface area contributed by atoms with Crippen LogP contribution in [0.1, 0.15) is 64.1 Å². The standard InChI is InChI=1S/C14H24N2/c1-9-11(13(3,4)5)12(14(6,7)8)10(2)16-15-9/h1-8H3. The Morgan fingerprint density at radius 1 is 0.625 bits per heavy atom. The molecule has 0 amide bonds. The Labute approximate surface area is 99.5 Å². The number of nitrogens with zero attached hydrogens (tertiary/aromatic N) is 2. The van der Waals surface area contributed by atoms with Crippen LogP contribution >= 0.6 is 0 Å². The van der Waals surface area contributed by atoms with Gasteiger partial charge in [0.25, 0.3) is 0 Å². The van der Waals surface area contributed by atoms with Crippen molar-refractivity contribution in [1.82, 2.24) is 10.2 Å². The second-order valence-corrected chi connectivity index (χ2v) is 6.62. The molecular formula is C14H24N2. The third-order valence-corrected chi connectivity index (χ3v) is 2.82. The maximum absolute atomic E-state index is 4.27. The number of hydrogen-bond acceptors (Lipinski definition) is 2. The lowest BCUT2D eigenvalue weighted by Crippen LogP contribution is -2.26. The predicted molar refractivity (Wildman–Crippen MR) is 68.9 cm³/mol. The van der Waals surface area contributed by atoms with Gasteiger partial charge in [-0.05, 0) is 35.8 Å². The SMILES string of the molecule is Cc1nnc(C)c(C(C)(C)C)c1C(C)(C)C. The van der Waals surface area contributed by atoms with Gasteiger partial charge in [0.05, 0.1) is 11.4 Å². The van der Waals surface area contributed by atoms with E-state index in [-0.39, 0.29) is 10.8 Å². The van der Waals surface area contributed by atoms with Crippen molar-refractivity contribution >= 4 is 0 Å². The van der Waals surface area contributed by atoms with Crippen LogP contribution in [0.15, 0.2) is 0 Å². The molecule has 90 valence electrons. The molecule has 1 heterocycles. The van der Waals surface area contributed by atoms with Gasteiger partial charge < -0.3 is 0 Å². The first-order valence-electron chi connectivity index (χ1n) is 5.90. The molecule has 2 nitrogen and oxygen atoms in total. The highest BCUT2D eigenvalue weighted by atomic mass is 15.1. The summed E-state index contributed by atoms with van der Waals surface area (Å²) in [6, 6.07) is 0. The zero-order valence-electron chi connectivity index (χ0n) is 11.9. The van der Waals surface area contributed by atoms with Gasteiger partial charge in [0, 0.05) is 0 Å². The van der Waals surface area contributed by atoms with E-state index in [0.717, 1.165) is 11.4 Å². The van der Waals surface area contributed by atoms with Gasteiger partial charge in [0.1, 0.15) is 0 Å². The van der Waals surface area contributed by atoms with Crippen LogP contribution in [0.25, 0.3) is 0 Å². The maximum atomic E-state index is 4.27. The van der Waals surface area contributed by atoms with E-state index in [1.165, 1.54) is 11.1 Å². The third-order valence-electron chi connectivity index (χ3n) is 2.82. The van der Waals surface area contributed by atoms with Gasteiger partial charge in [-0.2, -0.15) is 10.2 Å². The Balaban J connectivity index is 3.64. The summed E-state index contributed by atoms with van der Waals surface area (Å²) in [6.07, 6.45) is 0. The Hall–Kier alpha value is -0.920. The molecule has 0 saturated heterocycles. The number of aromatic nitrogens is 2. The van der Waals surface area contributed by atoms with Crippen molar-refractivity contribution in [3.05, 3.63) is 22.5 Å². The normalized spacial score (nSPS) is 13.0. The maximum Gasteiger partial charge on any atom is 0.0640 e. The van der Waals surface area contributed by atoms with E-state index in [4.69, 9.17) is 0 Å². The summed E-state index contributed by atoms with van der Waals surface area (Å²) >= 11 is 0. The largest absolute Gasteiger partial charge is 0.155 e. The fraction of sp³-hybridized carbons (Fsp3) is 0.714. The highest BCUT2D eigenvalue weighted by Gasteiger charge is 2.29. The van der Waals surface area contributed by atoms with Crippen molar-refractivity contribution in [2.75, 3.05) is 0 Å². The molecule has 16 heavy (non-hydrogen) atoms. The molecule has 0 N–H and O–H groups in total. The first kappa shape index (κ1) is 13.1. The molecule has 0 aromatic carbocycles. The van der Waals surface area contributed by atoms with Gasteiger partial charge in [0.2, 0.25) is 0 Å². The van der Waals surface area contributed by atoms with Gasteiger partial charge in [-0.1, -0.05) is 41.5 Å². The number of aryl methyl sites for hydroxylation is 2. The minimum absolute atomic E-state index is 0.118. The highest BCUT2D eigenvalue weighted by Crippen LogP contribution is 2.36. The van der Waals surface area contributed by atoms with Crippen LogP contribution in [0.5, 0.6) is 0 Å². The highest BCUT2D eigenvalue weighted by molar-refractivity contribution is 5.41. The van der Waals surface area contributed by atoms with Crippen molar-refractivity contribution in [1.29, 1.82) is 0 Å². The van der Waals surface area contributed by atoms with Crippen LogP contribution in [0.3, 0.4) is 0 Å². The van der Waals surface area contributed by atoms with Crippen LogP contribution in [-0.2, 0) is 10.8 Å². The van der Waals surface area contributed by atoms with Crippen molar-refractivity contribution in [2.24, 2.45) is 0 Å². The summed E-state index contributed by atoms with van der Waals surface area (Å²) in [7, 11) is 0. The van der Waals surface area contributed by atoms with Gasteiger partial charge in [-0.3, -0.25) is 0 Å². The second-order valence-electron chi connectivity index (χ2n) is 6.62. The smallest absolute Gasteiger partial charge is 0.0640 e. The minimum atomic E-state index is 0.118. The molecule has 1 rings (SSSR count). The van der Waals surface area contributed by atoms with Crippen LogP contribution in [-0.4, -0.2) is 10.2 Å². The fourth-order valence-corrected chi connectivity index (χ4v) is 2.45. The van der Waals surface area contributed by atoms with Gasteiger partial charge in [0.15, 0.2) is 0 Å². The Kier molecular flexibility index (Phi) is 3.15. The van der Waals surface area contributed by atoms with E-state index in [1.807, 2.05) is 0 Å². The van der Waals surface area contributed by atoms with Crippen molar-refractivity contribution in [3.8, 4) is 0 Å². The Morgan fingerprint density at radius 2 is 0.875 bits per heavy atom. The van der Waals surface area contributed by atoms with E-state index < -0.39 is 0 Å². The molecule has 0 bridgehead atoms. The summed E-state index contributed by atoms with van der Waals surface area (Å²) in [6.45, 7) is 17.6. The molecule has 2 heteroatoms. The van der Waals surface area contributed by atoms with Crippen LogP contribution in [0, 0.1) is 13.8 Å². The van der Waals surface area contributed by atoms with Gasteiger partial charge in [-0.15, -0.1) is 0 Å². The minimum Gasteiger partial charge on any atom is -0.155 e. The molecule has 0 atom stereocenters. The molecule has 0 unspecified atom stereocenters. The Morgan fingerprint density at radius 3 is 1.06 bits per heavy atom. The van der Waals surface area contributed by atoms with Crippen LogP contribution in [0.4, 0.5) is 0 Å². The summed E-state index contributed by atoms with van der Waals surface area (Å²) in [5, 5.41) is 8.54. The summed E-state index contributed by atoms with van der Waals surface area (Å²) < 4.78 is 0. The Bertz CT molecular complexity index is 353. The topological polar surface area (TPSA) is 25.8 Å². The van der Waals surface area contributed by atoms with E-state index in [1.54, 1.807) is 0 Å². The first-order valence-corrected chi connectivity index (χ1v) is 5.90. The van der Waals surface area contributed by atoms with E-state index in [9.17, 15) is 0 Å². The molecule has 0 spiro atoms. The molecule has 0 aliphatic heterocycles. The molecule has 0 radical (unpaired) electrons.